The summed E-state index contributed by atoms with van der Waals surface area (Å²) in [4.78, 5) is 2.57. The van der Waals surface area contributed by atoms with Gasteiger partial charge in [-0.3, -0.25) is 0 Å². The second-order valence-electron chi connectivity index (χ2n) is 1.61. The first-order chi connectivity index (χ1) is 4.84. The Morgan fingerprint density at radius 2 is 2.60 bits per heavy atom. The maximum atomic E-state index is 7.94. The molecule has 0 N–H and O–H groups in total. The lowest BCUT2D eigenvalue weighted by atomic mass is 10.6. The van der Waals surface area contributed by atoms with Crippen LogP contribution >= 0.6 is 0 Å². The van der Waals surface area contributed by atoms with Gasteiger partial charge in [-0.05, 0) is 16.0 Å². The molecule has 7 heteroatoms. The largest absolute Gasteiger partial charge is 0.233 e. The summed E-state index contributed by atoms with van der Waals surface area (Å²) in [6, 6.07) is 0. The minimum atomic E-state index is 0.194. The molecular formula is C3H5N7. The molecule has 0 fully saturated rings. The Bertz CT molecular complexity index is 256. The summed E-state index contributed by atoms with van der Waals surface area (Å²) in [5, 5.41) is 13.8. The van der Waals surface area contributed by atoms with E-state index < -0.39 is 0 Å². The minimum Gasteiger partial charge on any atom is -0.233 e. The fourth-order valence-electron chi connectivity index (χ4n) is 0.477. The van der Waals surface area contributed by atoms with E-state index in [1.165, 1.54) is 4.68 Å². The van der Waals surface area contributed by atoms with Crippen LogP contribution in [0, 0.1) is 0 Å². The van der Waals surface area contributed by atoms with E-state index in [9.17, 15) is 0 Å². The third kappa shape index (κ3) is 1.20. The van der Waals surface area contributed by atoms with Crippen molar-refractivity contribution < 1.29 is 0 Å². The van der Waals surface area contributed by atoms with Gasteiger partial charge in [0.25, 0.3) is 0 Å². The van der Waals surface area contributed by atoms with Crippen LogP contribution in [0.5, 0.6) is 0 Å². The molecule has 0 unspecified atom stereocenters. The van der Waals surface area contributed by atoms with E-state index >= 15 is 0 Å². The molecular weight excluding hydrogens is 134 g/mol. The summed E-state index contributed by atoms with van der Waals surface area (Å²) < 4.78 is 1.45. The Hall–Kier alpha value is -1.62. The average Bonchev–Trinajstić information content (AvgIpc) is 2.31. The monoisotopic (exact) mass is 139 g/mol. The number of nitrogens with zero attached hydrogens (tertiary/aromatic N) is 7. The molecule has 0 aromatic carbocycles. The summed E-state index contributed by atoms with van der Waals surface area (Å²) >= 11 is 0. The Balaban J connectivity index is 2.74. The quantitative estimate of drug-likeness (QED) is 0.328. The van der Waals surface area contributed by atoms with Crippen molar-refractivity contribution in [2.75, 3.05) is 0 Å². The second kappa shape index (κ2) is 2.79. The predicted molar refractivity (Wildman–Crippen MR) is 31.6 cm³/mol. The lowest BCUT2D eigenvalue weighted by molar-refractivity contribution is 0.677. The van der Waals surface area contributed by atoms with Gasteiger partial charge in [0, 0.05) is 12.0 Å². The van der Waals surface area contributed by atoms with Gasteiger partial charge in [0.05, 0.1) is 6.54 Å². The topological polar surface area (TPSA) is 92.4 Å². The van der Waals surface area contributed by atoms with Gasteiger partial charge in [0.15, 0.2) is 5.82 Å². The van der Waals surface area contributed by atoms with E-state index in [2.05, 4.69) is 25.6 Å². The highest BCUT2D eigenvalue weighted by molar-refractivity contribution is 4.77. The standard InChI is InChI=1S/C3H5N7/c1-10-3(2-5-7-4)6-8-9-10/h2H2,1H3. The van der Waals surface area contributed by atoms with Crippen LogP contribution in [0.25, 0.3) is 10.4 Å². The van der Waals surface area contributed by atoms with E-state index in [1.54, 1.807) is 7.05 Å². The molecule has 0 aliphatic heterocycles. The van der Waals surface area contributed by atoms with Crippen LogP contribution in [0.15, 0.2) is 5.11 Å². The number of tetrazole rings is 1. The SMILES string of the molecule is Cn1nnnc1CN=[N+]=[N-]. The van der Waals surface area contributed by atoms with Crippen molar-refractivity contribution in [1.82, 2.24) is 20.2 Å². The zero-order chi connectivity index (χ0) is 7.40. The summed E-state index contributed by atoms with van der Waals surface area (Å²) in [5.41, 5.74) is 7.94. The van der Waals surface area contributed by atoms with E-state index in [4.69, 9.17) is 5.53 Å². The summed E-state index contributed by atoms with van der Waals surface area (Å²) in [5.74, 6) is 0.554. The molecule has 1 aromatic rings. The molecule has 0 aliphatic rings. The van der Waals surface area contributed by atoms with Crippen LogP contribution in [-0.4, -0.2) is 20.2 Å². The molecule has 52 valence electrons. The molecule has 10 heavy (non-hydrogen) atoms. The number of aryl methyl sites for hydroxylation is 1. The number of aromatic nitrogens is 4. The Morgan fingerprint density at radius 1 is 1.80 bits per heavy atom. The van der Waals surface area contributed by atoms with Crippen molar-refractivity contribution in [3.8, 4) is 0 Å². The van der Waals surface area contributed by atoms with E-state index in [0.29, 0.717) is 5.82 Å². The van der Waals surface area contributed by atoms with Crippen LogP contribution in [0.2, 0.25) is 0 Å². The van der Waals surface area contributed by atoms with Gasteiger partial charge in [-0.1, -0.05) is 5.11 Å². The lowest BCUT2D eigenvalue weighted by Crippen LogP contribution is -1.97. The highest BCUT2D eigenvalue weighted by Crippen LogP contribution is 1.90. The van der Waals surface area contributed by atoms with Gasteiger partial charge >= 0.3 is 0 Å². The van der Waals surface area contributed by atoms with Crippen molar-refractivity contribution in [2.24, 2.45) is 12.2 Å². The first-order valence-electron chi connectivity index (χ1n) is 2.56. The predicted octanol–water partition coefficient (Wildman–Crippen LogP) is 0.0204. The van der Waals surface area contributed by atoms with Crippen LogP contribution in [-0.2, 0) is 13.6 Å². The Kier molecular flexibility index (Phi) is 1.81. The fourth-order valence-corrected chi connectivity index (χ4v) is 0.477. The molecule has 0 amide bonds. The highest BCUT2D eigenvalue weighted by atomic mass is 15.5. The first kappa shape index (κ1) is 6.50. The Labute approximate surface area is 56.3 Å². The highest BCUT2D eigenvalue weighted by Gasteiger charge is 1.97. The number of hydrogen-bond acceptors (Lipinski definition) is 4. The van der Waals surface area contributed by atoms with E-state index in [0.717, 1.165) is 0 Å². The average molecular weight is 139 g/mol. The van der Waals surface area contributed by atoms with Crippen molar-refractivity contribution in [1.29, 1.82) is 0 Å². The molecule has 0 spiro atoms. The van der Waals surface area contributed by atoms with Gasteiger partial charge in [-0.25, -0.2) is 4.68 Å². The maximum Gasteiger partial charge on any atom is 0.156 e. The second-order valence-corrected chi connectivity index (χ2v) is 1.61. The van der Waals surface area contributed by atoms with Crippen molar-refractivity contribution >= 4 is 0 Å². The van der Waals surface area contributed by atoms with Gasteiger partial charge in [-0.15, -0.1) is 5.10 Å². The normalized spacial score (nSPS) is 8.90. The fraction of sp³-hybridized carbons (Fsp3) is 0.667. The molecule has 0 saturated carbocycles. The third-order valence-corrected chi connectivity index (χ3v) is 0.983. The zero-order valence-electron chi connectivity index (χ0n) is 5.34. The zero-order valence-corrected chi connectivity index (χ0v) is 5.34. The van der Waals surface area contributed by atoms with E-state index in [1.807, 2.05) is 0 Å². The molecule has 1 rings (SSSR count). The number of hydrogen-bond donors (Lipinski definition) is 0. The van der Waals surface area contributed by atoms with Crippen LogP contribution in [0.1, 0.15) is 5.82 Å². The van der Waals surface area contributed by atoms with Crippen LogP contribution in [0.3, 0.4) is 0 Å². The lowest BCUT2D eigenvalue weighted by Gasteiger charge is -1.88. The van der Waals surface area contributed by atoms with Crippen LogP contribution < -0.4 is 0 Å². The van der Waals surface area contributed by atoms with Crippen LogP contribution in [0.4, 0.5) is 0 Å². The molecule has 1 heterocycles. The first-order valence-corrected chi connectivity index (χ1v) is 2.56. The molecule has 0 radical (unpaired) electrons. The summed E-state index contributed by atoms with van der Waals surface area (Å²) in [6.07, 6.45) is 0. The molecule has 0 saturated heterocycles. The van der Waals surface area contributed by atoms with Crippen molar-refractivity contribution in [2.45, 2.75) is 6.54 Å². The van der Waals surface area contributed by atoms with Gasteiger partial charge in [-0.2, -0.15) is 0 Å². The molecule has 0 aliphatic carbocycles. The molecule has 0 atom stereocenters. The van der Waals surface area contributed by atoms with Crippen molar-refractivity contribution in [3.05, 3.63) is 16.3 Å². The molecule has 1 aromatic heterocycles. The maximum absolute atomic E-state index is 7.94. The van der Waals surface area contributed by atoms with Gasteiger partial charge in [0.2, 0.25) is 0 Å². The molecule has 7 nitrogen and oxygen atoms in total. The number of rotatable bonds is 2. The van der Waals surface area contributed by atoms with Gasteiger partial charge in [0.1, 0.15) is 0 Å². The summed E-state index contributed by atoms with van der Waals surface area (Å²) in [7, 11) is 1.68. The van der Waals surface area contributed by atoms with Crippen molar-refractivity contribution in [3.63, 3.8) is 0 Å². The smallest absolute Gasteiger partial charge is 0.156 e. The van der Waals surface area contributed by atoms with E-state index in [-0.39, 0.29) is 6.54 Å². The van der Waals surface area contributed by atoms with Gasteiger partial charge < -0.3 is 0 Å². The summed E-state index contributed by atoms with van der Waals surface area (Å²) in [6.45, 7) is 0.194. The Morgan fingerprint density at radius 3 is 3.10 bits per heavy atom. The number of azide groups is 1. The third-order valence-electron chi connectivity index (χ3n) is 0.983. The minimum absolute atomic E-state index is 0.194. The molecule has 0 bridgehead atoms.